The monoisotopic (exact) mass is 241 g/mol. The molecule has 0 saturated carbocycles. The summed E-state index contributed by atoms with van der Waals surface area (Å²) in [5.41, 5.74) is 1.15. The third-order valence-electron chi connectivity index (χ3n) is 2.51. The number of halogens is 1. The van der Waals surface area contributed by atoms with E-state index < -0.39 is 6.10 Å². The lowest BCUT2D eigenvalue weighted by Gasteiger charge is -2.26. The second kappa shape index (κ2) is 7.53. The SMILES string of the molecule is CCCCN(CC(O)CCl)c1ccccc1. The summed E-state index contributed by atoms with van der Waals surface area (Å²) in [4.78, 5) is 2.19. The molecule has 0 fully saturated rings. The maximum atomic E-state index is 9.62. The van der Waals surface area contributed by atoms with Crippen LogP contribution < -0.4 is 4.90 Å². The normalized spacial score (nSPS) is 12.4. The van der Waals surface area contributed by atoms with Gasteiger partial charge in [-0.1, -0.05) is 31.5 Å². The zero-order valence-electron chi connectivity index (χ0n) is 9.77. The standard InChI is InChI=1S/C13H20ClNO/c1-2-3-9-15(11-13(16)10-14)12-7-5-4-6-8-12/h4-8,13,16H,2-3,9-11H2,1H3. The van der Waals surface area contributed by atoms with Crippen LogP contribution in [0.1, 0.15) is 19.8 Å². The average Bonchev–Trinajstić information content (AvgIpc) is 2.35. The number of nitrogens with zero attached hydrogens (tertiary/aromatic N) is 1. The van der Waals surface area contributed by atoms with Crippen molar-refractivity contribution in [1.82, 2.24) is 0 Å². The maximum Gasteiger partial charge on any atom is 0.0850 e. The molecule has 1 atom stereocenters. The molecular formula is C13H20ClNO. The number of anilines is 1. The Bertz CT molecular complexity index is 279. The molecule has 0 aromatic heterocycles. The van der Waals surface area contributed by atoms with Crippen LogP contribution in [0.2, 0.25) is 0 Å². The van der Waals surface area contributed by atoms with Gasteiger partial charge in [0.25, 0.3) is 0 Å². The Balaban J connectivity index is 2.63. The van der Waals surface area contributed by atoms with E-state index in [1.165, 1.54) is 0 Å². The van der Waals surface area contributed by atoms with Crippen molar-refractivity contribution in [2.45, 2.75) is 25.9 Å². The van der Waals surface area contributed by atoms with Crippen molar-refractivity contribution in [1.29, 1.82) is 0 Å². The number of hydrogen-bond donors (Lipinski definition) is 1. The van der Waals surface area contributed by atoms with Crippen molar-refractivity contribution in [2.24, 2.45) is 0 Å². The predicted molar refractivity (Wildman–Crippen MR) is 70.3 cm³/mol. The quantitative estimate of drug-likeness (QED) is 0.742. The molecule has 0 aliphatic carbocycles. The number of rotatable bonds is 7. The summed E-state index contributed by atoms with van der Waals surface area (Å²) in [7, 11) is 0. The summed E-state index contributed by atoms with van der Waals surface area (Å²) in [6.07, 6.45) is 1.82. The second-order valence-corrected chi connectivity index (χ2v) is 4.25. The Hall–Kier alpha value is -0.730. The molecule has 90 valence electrons. The van der Waals surface area contributed by atoms with Crippen molar-refractivity contribution < 1.29 is 5.11 Å². The Morgan fingerprint density at radius 2 is 2.00 bits per heavy atom. The smallest absolute Gasteiger partial charge is 0.0850 e. The fourth-order valence-electron chi connectivity index (χ4n) is 1.62. The first-order valence-electron chi connectivity index (χ1n) is 5.82. The molecule has 0 aliphatic rings. The third kappa shape index (κ3) is 4.42. The van der Waals surface area contributed by atoms with Crippen molar-refractivity contribution in [3.63, 3.8) is 0 Å². The lowest BCUT2D eigenvalue weighted by atomic mass is 10.2. The van der Waals surface area contributed by atoms with Crippen molar-refractivity contribution in [2.75, 3.05) is 23.9 Å². The Morgan fingerprint density at radius 3 is 2.56 bits per heavy atom. The van der Waals surface area contributed by atoms with Crippen molar-refractivity contribution in [3.05, 3.63) is 30.3 Å². The second-order valence-electron chi connectivity index (χ2n) is 3.94. The van der Waals surface area contributed by atoms with Crippen molar-refractivity contribution >= 4 is 17.3 Å². The van der Waals surface area contributed by atoms with Gasteiger partial charge in [0.1, 0.15) is 0 Å². The molecule has 16 heavy (non-hydrogen) atoms. The molecule has 0 spiro atoms. The molecular weight excluding hydrogens is 222 g/mol. The zero-order valence-corrected chi connectivity index (χ0v) is 10.5. The van der Waals surface area contributed by atoms with Crippen LogP contribution in [0.3, 0.4) is 0 Å². The lowest BCUT2D eigenvalue weighted by molar-refractivity contribution is 0.203. The van der Waals surface area contributed by atoms with Gasteiger partial charge in [-0.2, -0.15) is 0 Å². The number of unbranched alkanes of at least 4 members (excludes halogenated alkanes) is 1. The van der Waals surface area contributed by atoms with Gasteiger partial charge < -0.3 is 10.0 Å². The van der Waals surface area contributed by atoms with Gasteiger partial charge in [0.15, 0.2) is 0 Å². The molecule has 0 saturated heterocycles. The first kappa shape index (κ1) is 13.3. The minimum Gasteiger partial charge on any atom is -0.390 e. The minimum atomic E-state index is -0.460. The Labute approximate surface area is 103 Å². The van der Waals surface area contributed by atoms with E-state index in [2.05, 4.69) is 24.0 Å². The summed E-state index contributed by atoms with van der Waals surface area (Å²) >= 11 is 5.64. The van der Waals surface area contributed by atoms with E-state index in [1.54, 1.807) is 0 Å². The van der Waals surface area contributed by atoms with Crippen LogP contribution in [0.25, 0.3) is 0 Å². The summed E-state index contributed by atoms with van der Waals surface area (Å²) < 4.78 is 0. The summed E-state index contributed by atoms with van der Waals surface area (Å²) in [6, 6.07) is 10.2. The van der Waals surface area contributed by atoms with Crippen LogP contribution in [0.4, 0.5) is 5.69 Å². The molecule has 0 aliphatic heterocycles. The highest BCUT2D eigenvalue weighted by molar-refractivity contribution is 6.18. The van der Waals surface area contributed by atoms with E-state index >= 15 is 0 Å². The van der Waals surface area contributed by atoms with E-state index in [1.807, 2.05) is 18.2 Å². The van der Waals surface area contributed by atoms with E-state index in [4.69, 9.17) is 11.6 Å². The summed E-state index contributed by atoms with van der Waals surface area (Å²) in [5.74, 6) is 0.287. The van der Waals surface area contributed by atoms with Crippen LogP contribution in [-0.4, -0.2) is 30.2 Å². The van der Waals surface area contributed by atoms with Gasteiger partial charge in [0.05, 0.1) is 12.0 Å². The predicted octanol–water partition coefficient (Wildman–Crippen LogP) is 2.89. The molecule has 0 bridgehead atoms. The highest BCUT2D eigenvalue weighted by Crippen LogP contribution is 2.14. The van der Waals surface area contributed by atoms with Gasteiger partial charge in [0, 0.05) is 18.8 Å². The van der Waals surface area contributed by atoms with Crippen LogP contribution >= 0.6 is 11.6 Å². The van der Waals surface area contributed by atoms with Gasteiger partial charge in [-0.3, -0.25) is 0 Å². The largest absolute Gasteiger partial charge is 0.390 e. The number of aliphatic hydroxyl groups is 1. The van der Waals surface area contributed by atoms with Gasteiger partial charge in [0.2, 0.25) is 0 Å². The van der Waals surface area contributed by atoms with Gasteiger partial charge in [-0.15, -0.1) is 11.6 Å². The fraction of sp³-hybridized carbons (Fsp3) is 0.538. The lowest BCUT2D eigenvalue weighted by Crippen LogP contribution is -2.34. The fourth-order valence-corrected chi connectivity index (χ4v) is 1.71. The van der Waals surface area contributed by atoms with E-state index in [-0.39, 0.29) is 5.88 Å². The number of para-hydroxylation sites is 1. The molecule has 0 radical (unpaired) electrons. The molecule has 3 heteroatoms. The summed E-state index contributed by atoms with van der Waals surface area (Å²) in [6.45, 7) is 3.74. The van der Waals surface area contributed by atoms with E-state index in [0.29, 0.717) is 6.54 Å². The van der Waals surface area contributed by atoms with Crippen LogP contribution in [0.5, 0.6) is 0 Å². The molecule has 0 heterocycles. The minimum absolute atomic E-state index is 0.287. The zero-order chi connectivity index (χ0) is 11.8. The van der Waals surface area contributed by atoms with Crippen LogP contribution in [0.15, 0.2) is 30.3 Å². The number of alkyl halides is 1. The van der Waals surface area contributed by atoms with Gasteiger partial charge >= 0.3 is 0 Å². The number of benzene rings is 1. The Kier molecular flexibility index (Phi) is 6.27. The first-order chi connectivity index (χ1) is 7.77. The molecule has 1 aromatic rings. The number of aliphatic hydroxyl groups excluding tert-OH is 1. The van der Waals surface area contributed by atoms with Gasteiger partial charge in [-0.25, -0.2) is 0 Å². The molecule has 0 amide bonds. The van der Waals surface area contributed by atoms with E-state index in [0.717, 1.165) is 25.1 Å². The molecule has 1 rings (SSSR count). The average molecular weight is 242 g/mol. The molecule has 1 aromatic carbocycles. The highest BCUT2D eigenvalue weighted by atomic mass is 35.5. The molecule has 1 unspecified atom stereocenters. The van der Waals surface area contributed by atoms with Crippen molar-refractivity contribution in [3.8, 4) is 0 Å². The van der Waals surface area contributed by atoms with Crippen LogP contribution in [0, 0.1) is 0 Å². The summed E-state index contributed by atoms with van der Waals surface area (Å²) in [5, 5.41) is 9.62. The van der Waals surface area contributed by atoms with Gasteiger partial charge in [-0.05, 0) is 18.6 Å². The van der Waals surface area contributed by atoms with E-state index in [9.17, 15) is 5.11 Å². The molecule has 2 nitrogen and oxygen atoms in total. The topological polar surface area (TPSA) is 23.5 Å². The highest BCUT2D eigenvalue weighted by Gasteiger charge is 2.10. The maximum absolute atomic E-state index is 9.62. The third-order valence-corrected chi connectivity index (χ3v) is 2.87. The van der Waals surface area contributed by atoms with Crippen LogP contribution in [-0.2, 0) is 0 Å². The first-order valence-corrected chi connectivity index (χ1v) is 6.35. The number of hydrogen-bond acceptors (Lipinski definition) is 2. The molecule has 1 N–H and O–H groups in total. The Morgan fingerprint density at radius 1 is 1.31 bits per heavy atom.